The molecule has 1 aromatic carbocycles. The van der Waals surface area contributed by atoms with Crippen molar-refractivity contribution in [1.82, 2.24) is 5.32 Å². The number of halogens is 1. The van der Waals surface area contributed by atoms with Gasteiger partial charge in [-0.2, -0.15) is 0 Å². The molecule has 17 heavy (non-hydrogen) atoms. The van der Waals surface area contributed by atoms with Gasteiger partial charge in [-0.05, 0) is 31.0 Å². The molecule has 0 spiro atoms. The Kier molecular flexibility index (Phi) is 5.83. The highest BCUT2D eigenvalue weighted by Crippen LogP contribution is 2.25. The van der Waals surface area contributed by atoms with Crippen molar-refractivity contribution in [2.45, 2.75) is 12.8 Å². The number of carbonyl (C=O) groups is 1. The van der Waals surface area contributed by atoms with Gasteiger partial charge in [0, 0.05) is 17.4 Å². The second-order valence-electron chi connectivity index (χ2n) is 3.54. The maximum absolute atomic E-state index is 11.7. The number of carbonyl (C=O) groups excluding carboxylic acids is 1. The number of unbranched alkanes of at least 4 members (excludes halogenated alkanes) is 1. The second-order valence-corrected chi connectivity index (χ2v) is 4.33. The van der Waals surface area contributed by atoms with Crippen LogP contribution in [0, 0.1) is 0 Å². The van der Waals surface area contributed by atoms with Gasteiger partial charge < -0.3 is 15.2 Å². The highest BCUT2D eigenvalue weighted by atomic mass is 79.9. The molecule has 2 N–H and O–H groups in total. The van der Waals surface area contributed by atoms with E-state index in [2.05, 4.69) is 21.2 Å². The first-order valence-electron chi connectivity index (χ1n) is 5.40. The van der Waals surface area contributed by atoms with Gasteiger partial charge in [0.2, 0.25) is 0 Å². The average molecular weight is 302 g/mol. The summed E-state index contributed by atoms with van der Waals surface area (Å²) in [6.07, 6.45) is 1.95. The minimum atomic E-state index is -0.183. The molecule has 5 heteroatoms. The lowest BCUT2D eigenvalue weighted by atomic mass is 10.2. The van der Waals surface area contributed by atoms with Crippen molar-refractivity contribution in [1.29, 1.82) is 0 Å². The molecular formula is C12H16BrNO3. The molecule has 0 bridgehead atoms. The molecule has 1 amide bonds. The van der Waals surface area contributed by atoms with Gasteiger partial charge in [-0.15, -0.1) is 0 Å². The summed E-state index contributed by atoms with van der Waals surface area (Å²) in [5.74, 6) is 0.152. The lowest BCUT2D eigenvalue weighted by molar-refractivity contribution is 0.0952. The van der Waals surface area contributed by atoms with Crippen LogP contribution in [0.3, 0.4) is 0 Å². The normalized spacial score (nSPS) is 10.0. The Morgan fingerprint density at radius 3 is 2.82 bits per heavy atom. The number of alkyl halides is 1. The van der Waals surface area contributed by atoms with Crippen molar-refractivity contribution in [3.63, 3.8) is 0 Å². The molecule has 0 aliphatic carbocycles. The monoisotopic (exact) mass is 301 g/mol. The lowest BCUT2D eigenvalue weighted by Crippen LogP contribution is -2.24. The van der Waals surface area contributed by atoms with Crippen molar-refractivity contribution in [3.05, 3.63) is 23.8 Å². The van der Waals surface area contributed by atoms with Crippen LogP contribution in [0.1, 0.15) is 23.2 Å². The van der Waals surface area contributed by atoms with Crippen molar-refractivity contribution < 1.29 is 14.6 Å². The molecule has 1 aromatic rings. The van der Waals surface area contributed by atoms with Gasteiger partial charge in [-0.3, -0.25) is 4.79 Å². The number of phenols is 1. The molecule has 0 unspecified atom stereocenters. The van der Waals surface area contributed by atoms with E-state index in [4.69, 9.17) is 4.74 Å². The van der Waals surface area contributed by atoms with Gasteiger partial charge in [-0.1, -0.05) is 15.9 Å². The van der Waals surface area contributed by atoms with Crippen LogP contribution in [0.15, 0.2) is 18.2 Å². The van der Waals surface area contributed by atoms with E-state index in [1.54, 1.807) is 12.1 Å². The smallest absolute Gasteiger partial charge is 0.251 e. The fraction of sp³-hybridized carbons (Fsp3) is 0.417. The van der Waals surface area contributed by atoms with Gasteiger partial charge in [0.05, 0.1) is 7.11 Å². The number of amides is 1. The molecular weight excluding hydrogens is 286 g/mol. The van der Waals surface area contributed by atoms with E-state index in [1.807, 2.05) is 0 Å². The van der Waals surface area contributed by atoms with Crippen molar-refractivity contribution in [2.75, 3.05) is 19.0 Å². The van der Waals surface area contributed by atoms with E-state index in [9.17, 15) is 9.90 Å². The van der Waals surface area contributed by atoms with Crippen molar-refractivity contribution in [2.24, 2.45) is 0 Å². The summed E-state index contributed by atoms with van der Waals surface area (Å²) in [5, 5.41) is 13.3. The topological polar surface area (TPSA) is 58.6 Å². The zero-order chi connectivity index (χ0) is 12.7. The van der Waals surface area contributed by atoms with Crippen LogP contribution in [0.25, 0.3) is 0 Å². The number of hydrogen-bond donors (Lipinski definition) is 2. The molecule has 0 aliphatic heterocycles. The summed E-state index contributed by atoms with van der Waals surface area (Å²) < 4.78 is 4.91. The van der Waals surface area contributed by atoms with Gasteiger partial charge in [0.1, 0.15) is 0 Å². The maximum atomic E-state index is 11.7. The van der Waals surface area contributed by atoms with Crippen molar-refractivity contribution in [3.8, 4) is 11.5 Å². The lowest BCUT2D eigenvalue weighted by Gasteiger charge is -2.07. The fourth-order valence-corrected chi connectivity index (χ4v) is 1.75. The molecule has 0 fully saturated rings. The van der Waals surface area contributed by atoms with Crippen LogP contribution < -0.4 is 10.1 Å². The van der Waals surface area contributed by atoms with Crippen LogP contribution in [0.5, 0.6) is 11.5 Å². The van der Waals surface area contributed by atoms with Gasteiger partial charge in [-0.25, -0.2) is 0 Å². The highest BCUT2D eigenvalue weighted by molar-refractivity contribution is 9.09. The summed E-state index contributed by atoms with van der Waals surface area (Å²) >= 11 is 3.33. The molecule has 0 saturated heterocycles. The molecule has 0 aliphatic rings. The van der Waals surface area contributed by atoms with E-state index in [0.29, 0.717) is 17.9 Å². The Labute approximate surface area is 109 Å². The SMILES string of the molecule is COc1ccc(C(=O)NCCCCBr)cc1O. The minimum Gasteiger partial charge on any atom is -0.504 e. The first-order chi connectivity index (χ1) is 8.19. The number of benzene rings is 1. The summed E-state index contributed by atoms with van der Waals surface area (Å²) in [7, 11) is 1.47. The van der Waals surface area contributed by atoms with Crippen LogP contribution >= 0.6 is 15.9 Å². The largest absolute Gasteiger partial charge is 0.504 e. The fourth-order valence-electron chi connectivity index (χ4n) is 1.35. The summed E-state index contributed by atoms with van der Waals surface area (Å²) in [4.78, 5) is 11.7. The van der Waals surface area contributed by atoms with E-state index >= 15 is 0 Å². The van der Waals surface area contributed by atoms with Crippen molar-refractivity contribution >= 4 is 21.8 Å². The quantitative estimate of drug-likeness (QED) is 0.626. The van der Waals surface area contributed by atoms with Gasteiger partial charge in [0.15, 0.2) is 11.5 Å². The molecule has 94 valence electrons. The molecule has 0 heterocycles. The summed E-state index contributed by atoms with van der Waals surface area (Å²) in [6, 6.07) is 4.60. The maximum Gasteiger partial charge on any atom is 0.251 e. The van der Waals surface area contributed by atoms with E-state index in [0.717, 1.165) is 18.2 Å². The van der Waals surface area contributed by atoms with E-state index in [-0.39, 0.29) is 11.7 Å². The first-order valence-corrected chi connectivity index (χ1v) is 6.52. The zero-order valence-electron chi connectivity index (χ0n) is 9.70. The molecule has 0 atom stereocenters. The second kappa shape index (κ2) is 7.17. The Balaban J connectivity index is 2.54. The highest BCUT2D eigenvalue weighted by Gasteiger charge is 2.08. The first kappa shape index (κ1) is 13.8. The third-order valence-electron chi connectivity index (χ3n) is 2.29. The van der Waals surface area contributed by atoms with Crippen LogP contribution in [-0.2, 0) is 0 Å². The number of ether oxygens (including phenoxy) is 1. The average Bonchev–Trinajstić information content (AvgIpc) is 2.34. The number of nitrogens with one attached hydrogen (secondary N) is 1. The van der Waals surface area contributed by atoms with Crippen LogP contribution in [0.4, 0.5) is 0 Å². The molecule has 0 aromatic heterocycles. The number of methoxy groups -OCH3 is 1. The standard InChI is InChI=1S/C12H16BrNO3/c1-17-11-5-4-9(8-10(11)15)12(16)14-7-3-2-6-13/h4-5,8,15H,2-3,6-7H2,1H3,(H,14,16). The number of hydrogen-bond acceptors (Lipinski definition) is 3. The van der Waals surface area contributed by atoms with Crippen LogP contribution in [-0.4, -0.2) is 30.0 Å². The zero-order valence-corrected chi connectivity index (χ0v) is 11.3. The molecule has 0 saturated carbocycles. The number of rotatable bonds is 6. The molecule has 0 radical (unpaired) electrons. The third kappa shape index (κ3) is 4.26. The van der Waals surface area contributed by atoms with E-state index < -0.39 is 0 Å². The Hall–Kier alpha value is -1.23. The Morgan fingerprint density at radius 2 is 2.24 bits per heavy atom. The summed E-state index contributed by atoms with van der Waals surface area (Å²) in [5.41, 5.74) is 0.433. The van der Waals surface area contributed by atoms with Gasteiger partial charge in [0.25, 0.3) is 5.91 Å². The Morgan fingerprint density at radius 1 is 1.47 bits per heavy atom. The Bertz CT molecular complexity index is 382. The number of phenolic OH excluding ortho intramolecular Hbond substituents is 1. The predicted octanol–water partition coefficient (Wildman–Crippen LogP) is 2.31. The van der Waals surface area contributed by atoms with Crippen LogP contribution in [0.2, 0.25) is 0 Å². The van der Waals surface area contributed by atoms with E-state index in [1.165, 1.54) is 13.2 Å². The summed E-state index contributed by atoms with van der Waals surface area (Å²) in [6.45, 7) is 0.636. The third-order valence-corrected chi connectivity index (χ3v) is 2.85. The molecule has 4 nitrogen and oxygen atoms in total. The van der Waals surface area contributed by atoms with Gasteiger partial charge >= 0.3 is 0 Å². The predicted molar refractivity (Wildman–Crippen MR) is 70.0 cm³/mol. The minimum absolute atomic E-state index is 0.0272. The molecule has 1 rings (SSSR count). The number of aromatic hydroxyl groups is 1.